The highest BCUT2D eigenvalue weighted by molar-refractivity contribution is 7.92. The lowest BCUT2D eigenvalue weighted by molar-refractivity contribution is -0.141. The normalized spacial score (nSPS) is 10.7. The third-order valence-corrected chi connectivity index (χ3v) is 5.60. The number of ether oxygens (including phenoxy) is 2. The first-order valence-electron chi connectivity index (χ1n) is 9.17. The molecule has 0 bridgehead atoms. The minimum absolute atomic E-state index is 0.0432. The topological polar surface area (TPSA) is 102 Å². The summed E-state index contributed by atoms with van der Waals surface area (Å²) in [5.41, 5.74) is 0.703. The van der Waals surface area contributed by atoms with E-state index >= 15 is 0 Å². The molecule has 2 aromatic rings. The van der Waals surface area contributed by atoms with Crippen molar-refractivity contribution in [3.8, 4) is 5.75 Å². The fraction of sp³-hybridized carbons (Fsp3) is 0.238. The molecule has 0 heterocycles. The minimum atomic E-state index is -4.11. The number of esters is 1. The van der Waals surface area contributed by atoms with Crippen LogP contribution in [-0.2, 0) is 24.3 Å². The largest absolute Gasteiger partial charge is 0.489 e. The average molecular weight is 432 g/mol. The smallest absolute Gasteiger partial charge is 0.326 e. The molecule has 0 spiro atoms. The molecule has 0 unspecified atom stereocenters. The SMILES string of the molecule is C=CCOc1cccc(N(CC(=O)OCC)S(=O)(=O)c2ccc(NC(C)=O)cc2)c1. The molecular weight excluding hydrogens is 408 g/mol. The number of carbonyl (C=O) groups is 2. The van der Waals surface area contributed by atoms with Crippen molar-refractivity contribution in [3.05, 3.63) is 61.2 Å². The van der Waals surface area contributed by atoms with E-state index in [1.54, 1.807) is 31.2 Å². The van der Waals surface area contributed by atoms with Gasteiger partial charge in [-0.25, -0.2) is 8.42 Å². The summed E-state index contributed by atoms with van der Waals surface area (Å²) < 4.78 is 38.0. The number of hydrogen-bond donors (Lipinski definition) is 1. The molecule has 160 valence electrons. The molecule has 0 aliphatic heterocycles. The molecule has 0 aliphatic rings. The molecule has 0 saturated carbocycles. The second-order valence-corrected chi connectivity index (χ2v) is 7.98. The van der Waals surface area contributed by atoms with Gasteiger partial charge in [0.1, 0.15) is 18.9 Å². The molecule has 2 rings (SSSR count). The van der Waals surface area contributed by atoms with Gasteiger partial charge >= 0.3 is 5.97 Å². The van der Waals surface area contributed by atoms with Crippen LogP contribution >= 0.6 is 0 Å². The number of sulfonamides is 1. The van der Waals surface area contributed by atoms with E-state index < -0.39 is 22.5 Å². The van der Waals surface area contributed by atoms with E-state index in [0.717, 1.165) is 4.31 Å². The summed E-state index contributed by atoms with van der Waals surface area (Å²) in [4.78, 5) is 23.2. The maximum atomic E-state index is 13.3. The van der Waals surface area contributed by atoms with Crippen LogP contribution in [0.25, 0.3) is 0 Å². The first-order chi connectivity index (χ1) is 14.3. The maximum Gasteiger partial charge on any atom is 0.326 e. The second-order valence-electron chi connectivity index (χ2n) is 6.12. The van der Waals surface area contributed by atoms with Crippen molar-refractivity contribution in [3.63, 3.8) is 0 Å². The number of nitrogens with one attached hydrogen (secondary N) is 1. The third kappa shape index (κ3) is 6.08. The number of anilines is 2. The highest BCUT2D eigenvalue weighted by Crippen LogP contribution is 2.28. The molecule has 0 radical (unpaired) electrons. The molecule has 30 heavy (non-hydrogen) atoms. The minimum Gasteiger partial charge on any atom is -0.489 e. The van der Waals surface area contributed by atoms with Crippen molar-refractivity contribution in [2.45, 2.75) is 18.7 Å². The van der Waals surface area contributed by atoms with Gasteiger partial charge in [0.15, 0.2) is 0 Å². The summed E-state index contributed by atoms with van der Waals surface area (Å²) >= 11 is 0. The maximum absolute atomic E-state index is 13.3. The Bertz CT molecular complexity index is 1000. The Morgan fingerprint density at radius 1 is 1.17 bits per heavy atom. The van der Waals surface area contributed by atoms with Gasteiger partial charge in [-0.2, -0.15) is 0 Å². The lowest BCUT2D eigenvalue weighted by atomic mass is 10.3. The van der Waals surface area contributed by atoms with Crippen molar-refractivity contribution >= 4 is 33.3 Å². The lowest BCUT2D eigenvalue weighted by Gasteiger charge is -2.24. The first-order valence-corrected chi connectivity index (χ1v) is 10.6. The van der Waals surface area contributed by atoms with Gasteiger partial charge in [-0.05, 0) is 43.3 Å². The quantitative estimate of drug-likeness (QED) is 0.457. The van der Waals surface area contributed by atoms with Gasteiger partial charge in [0, 0.05) is 18.7 Å². The van der Waals surface area contributed by atoms with Crippen LogP contribution in [0.5, 0.6) is 5.75 Å². The summed E-state index contributed by atoms with van der Waals surface area (Å²) in [6, 6.07) is 12.0. The van der Waals surface area contributed by atoms with Crippen LogP contribution in [0.3, 0.4) is 0 Å². The molecule has 0 aromatic heterocycles. The molecule has 1 amide bonds. The fourth-order valence-electron chi connectivity index (χ4n) is 2.56. The molecule has 0 aliphatic carbocycles. The molecule has 9 heteroatoms. The van der Waals surface area contributed by atoms with Crippen LogP contribution < -0.4 is 14.4 Å². The van der Waals surface area contributed by atoms with Gasteiger partial charge < -0.3 is 14.8 Å². The predicted octanol–water partition coefficient (Wildman–Crippen LogP) is 2.97. The Morgan fingerprint density at radius 3 is 2.47 bits per heavy atom. The number of amides is 1. The zero-order chi connectivity index (χ0) is 22.1. The van der Waals surface area contributed by atoms with E-state index in [2.05, 4.69) is 11.9 Å². The summed E-state index contributed by atoms with van der Waals surface area (Å²) in [5, 5.41) is 2.57. The Kier molecular flexibility index (Phi) is 7.99. The van der Waals surface area contributed by atoms with Gasteiger partial charge in [0.2, 0.25) is 5.91 Å². The molecule has 2 aromatic carbocycles. The number of benzene rings is 2. The van der Waals surface area contributed by atoms with Gasteiger partial charge in [0.25, 0.3) is 10.0 Å². The fourth-order valence-corrected chi connectivity index (χ4v) is 3.96. The highest BCUT2D eigenvalue weighted by atomic mass is 32.2. The van der Waals surface area contributed by atoms with Crippen molar-refractivity contribution in [2.24, 2.45) is 0 Å². The highest BCUT2D eigenvalue weighted by Gasteiger charge is 2.28. The van der Waals surface area contributed by atoms with E-state index in [0.29, 0.717) is 11.4 Å². The summed E-state index contributed by atoms with van der Waals surface area (Å²) in [6.45, 7) is 6.44. The summed E-state index contributed by atoms with van der Waals surface area (Å²) in [5.74, 6) is -0.531. The van der Waals surface area contributed by atoms with E-state index in [1.165, 1.54) is 37.3 Å². The third-order valence-electron chi connectivity index (χ3n) is 3.81. The summed E-state index contributed by atoms with van der Waals surface area (Å²) in [7, 11) is -4.11. The molecule has 8 nitrogen and oxygen atoms in total. The van der Waals surface area contributed by atoms with Crippen LogP contribution in [-0.4, -0.2) is 40.1 Å². The zero-order valence-corrected chi connectivity index (χ0v) is 17.6. The van der Waals surface area contributed by atoms with Gasteiger partial charge in [-0.15, -0.1) is 0 Å². The molecule has 0 fully saturated rings. The number of hydrogen-bond acceptors (Lipinski definition) is 6. The number of carbonyl (C=O) groups excluding carboxylic acids is 2. The Hall–Kier alpha value is -3.33. The van der Waals surface area contributed by atoms with Gasteiger partial charge in [-0.1, -0.05) is 18.7 Å². The van der Waals surface area contributed by atoms with Crippen LogP contribution in [0, 0.1) is 0 Å². The van der Waals surface area contributed by atoms with Crippen molar-refractivity contribution in [2.75, 3.05) is 29.4 Å². The lowest BCUT2D eigenvalue weighted by Crippen LogP contribution is -2.36. The monoisotopic (exact) mass is 432 g/mol. The van der Waals surface area contributed by atoms with Gasteiger partial charge in [0.05, 0.1) is 17.2 Å². The van der Waals surface area contributed by atoms with E-state index in [-0.39, 0.29) is 29.7 Å². The predicted molar refractivity (Wildman–Crippen MR) is 114 cm³/mol. The Balaban J connectivity index is 2.43. The first kappa shape index (κ1) is 23.0. The van der Waals surface area contributed by atoms with Crippen molar-refractivity contribution in [1.29, 1.82) is 0 Å². The molecule has 0 saturated heterocycles. The van der Waals surface area contributed by atoms with Crippen LogP contribution in [0.1, 0.15) is 13.8 Å². The molecule has 1 N–H and O–H groups in total. The zero-order valence-electron chi connectivity index (χ0n) is 16.8. The molecule has 0 atom stereocenters. The number of rotatable bonds is 10. The van der Waals surface area contributed by atoms with Gasteiger partial charge in [-0.3, -0.25) is 13.9 Å². The van der Waals surface area contributed by atoms with Crippen LogP contribution in [0.2, 0.25) is 0 Å². The summed E-state index contributed by atoms with van der Waals surface area (Å²) in [6.07, 6.45) is 1.57. The average Bonchev–Trinajstić information content (AvgIpc) is 2.71. The Morgan fingerprint density at radius 2 is 1.87 bits per heavy atom. The van der Waals surface area contributed by atoms with Crippen LogP contribution in [0.15, 0.2) is 66.1 Å². The van der Waals surface area contributed by atoms with E-state index in [4.69, 9.17) is 9.47 Å². The van der Waals surface area contributed by atoms with Crippen molar-refractivity contribution < 1.29 is 27.5 Å². The van der Waals surface area contributed by atoms with Crippen LogP contribution in [0.4, 0.5) is 11.4 Å². The Labute approximate surface area is 176 Å². The van der Waals surface area contributed by atoms with E-state index in [9.17, 15) is 18.0 Å². The standard InChI is InChI=1S/C21H24N2O6S/c1-4-13-29-19-8-6-7-18(14-19)23(15-21(25)28-5-2)30(26,27)20-11-9-17(10-12-20)22-16(3)24/h4,6-12,14H,1,5,13,15H2,2-3H3,(H,22,24). The number of nitrogens with zero attached hydrogens (tertiary/aromatic N) is 1. The van der Waals surface area contributed by atoms with Crippen molar-refractivity contribution in [1.82, 2.24) is 0 Å². The second kappa shape index (κ2) is 10.4. The molecular formula is C21H24N2O6S. The van der Waals surface area contributed by atoms with E-state index in [1.807, 2.05) is 0 Å².